The number of carbonyl (C=O) groups excluding carboxylic acids is 1. The number of methoxy groups -OCH3 is 1. The van der Waals surface area contributed by atoms with Crippen molar-refractivity contribution in [2.24, 2.45) is 0 Å². The second kappa shape index (κ2) is 9.60. The lowest BCUT2D eigenvalue weighted by molar-refractivity contribution is 0.0696. The Labute approximate surface area is 175 Å². The zero-order valence-electron chi connectivity index (χ0n) is 17.0. The highest BCUT2D eigenvalue weighted by Gasteiger charge is 2.16. The van der Waals surface area contributed by atoms with Crippen LogP contribution in [0.2, 0.25) is 0 Å². The molecule has 3 aromatic rings. The van der Waals surface area contributed by atoms with E-state index in [1.54, 1.807) is 43.5 Å². The summed E-state index contributed by atoms with van der Waals surface area (Å²) in [6.07, 6.45) is 0. The molecule has 6 heteroatoms. The van der Waals surface area contributed by atoms with Crippen molar-refractivity contribution in [1.29, 1.82) is 0 Å². The Bertz CT molecular complexity index is 1020. The molecule has 6 nitrogen and oxygen atoms in total. The lowest BCUT2D eigenvalue weighted by Gasteiger charge is -2.26. The van der Waals surface area contributed by atoms with Gasteiger partial charge in [0.1, 0.15) is 5.75 Å². The van der Waals surface area contributed by atoms with Crippen molar-refractivity contribution in [3.05, 3.63) is 89.5 Å². The van der Waals surface area contributed by atoms with E-state index in [0.717, 1.165) is 11.3 Å². The van der Waals surface area contributed by atoms with Crippen molar-refractivity contribution in [2.75, 3.05) is 23.9 Å². The summed E-state index contributed by atoms with van der Waals surface area (Å²) >= 11 is 0. The molecule has 0 saturated carbocycles. The number of rotatable bonds is 8. The molecule has 30 heavy (non-hydrogen) atoms. The van der Waals surface area contributed by atoms with Crippen molar-refractivity contribution < 1.29 is 19.4 Å². The second-order valence-electron chi connectivity index (χ2n) is 6.72. The van der Waals surface area contributed by atoms with Gasteiger partial charge in [0.15, 0.2) is 0 Å². The molecule has 0 aromatic heterocycles. The van der Waals surface area contributed by atoms with Gasteiger partial charge in [0.25, 0.3) is 5.91 Å². The zero-order chi connectivity index (χ0) is 21.5. The summed E-state index contributed by atoms with van der Waals surface area (Å²) in [4.78, 5) is 26.4. The monoisotopic (exact) mass is 404 g/mol. The van der Waals surface area contributed by atoms with Crippen molar-refractivity contribution in [1.82, 2.24) is 0 Å². The van der Waals surface area contributed by atoms with Crippen LogP contribution < -0.4 is 15.0 Å². The molecule has 0 fully saturated rings. The molecule has 0 atom stereocenters. The Morgan fingerprint density at radius 1 is 0.967 bits per heavy atom. The number of carbonyl (C=O) groups is 2. The zero-order valence-corrected chi connectivity index (χ0v) is 17.0. The van der Waals surface area contributed by atoms with E-state index in [-0.39, 0.29) is 11.5 Å². The van der Waals surface area contributed by atoms with E-state index in [1.165, 1.54) is 6.07 Å². The maximum absolute atomic E-state index is 12.8. The van der Waals surface area contributed by atoms with E-state index in [9.17, 15) is 14.7 Å². The highest BCUT2D eigenvalue weighted by Crippen LogP contribution is 2.29. The summed E-state index contributed by atoms with van der Waals surface area (Å²) in [5.74, 6) is -0.718. The largest absolute Gasteiger partial charge is 0.497 e. The summed E-state index contributed by atoms with van der Waals surface area (Å²) in [6, 6.07) is 21.5. The molecule has 154 valence electrons. The van der Waals surface area contributed by atoms with Crippen molar-refractivity contribution >= 4 is 23.3 Å². The number of ether oxygens (including phenoxy) is 1. The first-order valence-corrected chi connectivity index (χ1v) is 9.63. The van der Waals surface area contributed by atoms with Gasteiger partial charge < -0.3 is 20.1 Å². The quantitative estimate of drug-likeness (QED) is 0.570. The van der Waals surface area contributed by atoms with Crippen LogP contribution in [0, 0.1) is 0 Å². The molecule has 0 aliphatic rings. The lowest BCUT2D eigenvalue weighted by Crippen LogP contribution is -2.24. The van der Waals surface area contributed by atoms with E-state index in [4.69, 9.17) is 4.74 Å². The summed E-state index contributed by atoms with van der Waals surface area (Å²) < 4.78 is 5.13. The Hall–Kier alpha value is -3.80. The van der Waals surface area contributed by atoms with Crippen molar-refractivity contribution in [3.8, 4) is 5.75 Å². The molecule has 1 amide bonds. The third-order valence-electron chi connectivity index (χ3n) is 4.78. The van der Waals surface area contributed by atoms with Crippen molar-refractivity contribution in [2.45, 2.75) is 13.5 Å². The van der Waals surface area contributed by atoms with E-state index < -0.39 is 5.97 Å². The standard InChI is InChI=1S/C24H24N2O4/c1-3-26(16-17-7-5-4-6-8-17)22-14-11-19(24(28)29)15-21(22)25-23(27)18-9-12-20(30-2)13-10-18/h4-15H,3,16H2,1-2H3,(H,25,27)(H,28,29). The Morgan fingerprint density at radius 3 is 2.23 bits per heavy atom. The van der Waals surface area contributed by atoms with Crippen LogP contribution in [0.4, 0.5) is 11.4 Å². The summed E-state index contributed by atoms with van der Waals surface area (Å²) in [5, 5.41) is 12.3. The van der Waals surface area contributed by atoms with Gasteiger partial charge in [-0.25, -0.2) is 4.79 Å². The van der Waals surface area contributed by atoms with Gasteiger partial charge in [-0.2, -0.15) is 0 Å². The van der Waals surface area contributed by atoms with Crippen LogP contribution in [0.1, 0.15) is 33.2 Å². The Morgan fingerprint density at radius 2 is 1.63 bits per heavy atom. The molecule has 2 N–H and O–H groups in total. The molecule has 0 bridgehead atoms. The van der Waals surface area contributed by atoms with Crippen LogP contribution in [0.15, 0.2) is 72.8 Å². The third-order valence-corrected chi connectivity index (χ3v) is 4.78. The van der Waals surface area contributed by atoms with Crippen LogP contribution in [-0.2, 0) is 6.54 Å². The van der Waals surface area contributed by atoms with Gasteiger partial charge in [0.05, 0.1) is 24.0 Å². The molecule has 0 radical (unpaired) electrons. The topological polar surface area (TPSA) is 78.9 Å². The molecule has 0 aliphatic carbocycles. The normalized spacial score (nSPS) is 10.3. The molecular formula is C24H24N2O4. The fourth-order valence-corrected chi connectivity index (χ4v) is 3.15. The average Bonchev–Trinajstić information content (AvgIpc) is 2.78. The summed E-state index contributed by atoms with van der Waals surface area (Å²) in [5.41, 5.74) is 2.89. The summed E-state index contributed by atoms with van der Waals surface area (Å²) in [6.45, 7) is 3.34. The predicted octanol–water partition coefficient (Wildman–Crippen LogP) is 4.67. The number of aromatic carboxylic acids is 1. The van der Waals surface area contributed by atoms with E-state index in [0.29, 0.717) is 30.1 Å². The van der Waals surface area contributed by atoms with E-state index >= 15 is 0 Å². The number of carboxylic acid groups (broad SMARTS) is 1. The van der Waals surface area contributed by atoms with E-state index in [2.05, 4.69) is 10.2 Å². The first-order valence-electron chi connectivity index (χ1n) is 9.63. The van der Waals surface area contributed by atoms with Gasteiger partial charge in [0.2, 0.25) is 0 Å². The molecule has 3 rings (SSSR count). The maximum atomic E-state index is 12.8. The number of hydrogen-bond donors (Lipinski definition) is 2. The second-order valence-corrected chi connectivity index (χ2v) is 6.72. The smallest absolute Gasteiger partial charge is 0.335 e. The number of carboxylic acids is 1. The SMILES string of the molecule is CCN(Cc1ccccc1)c1ccc(C(=O)O)cc1NC(=O)c1ccc(OC)cc1. The first-order chi connectivity index (χ1) is 14.5. The van der Waals surface area contributed by atoms with Gasteiger partial charge in [0, 0.05) is 18.7 Å². The van der Waals surface area contributed by atoms with Crippen molar-refractivity contribution in [3.63, 3.8) is 0 Å². The number of nitrogens with one attached hydrogen (secondary N) is 1. The number of benzene rings is 3. The van der Waals surface area contributed by atoms with Crippen LogP contribution >= 0.6 is 0 Å². The van der Waals surface area contributed by atoms with Crippen LogP contribution in [0.25, 0.3) is 0 Å². The van der Waals surface area contributed by atoms with Crippen LogP contribution in [0.3, 0.4) is 0 Å². The minimum absolute atomic E-state index is 0.111. The predicted molar refractivity (Wildman–Crippen MR) is 118 cm³/mol. The maximum Gasteiger partial charge on any atom is 0.335 e. The fourth-order valence-electron chi connectivity index (χ4n) is 3.15. The molecule has 0 unspecified atom stereocenters. The molecule has 0 aliphatic heterocycles. The Balaban J connectivity index is 1.92. The van der Waals surface area contributed by atoms with Crippen LogP contribution in [-0.4, -0.2) is 30.6 Å². The highest BCUT2D eigenvalue weighted by atomic mass is 16.5. The molecule has 0 heterocycles. The van der Waals surface area contributed by atoms with E-state index in [1.807, 2.05) is 37.3 Å². The molecular weight excluding hydrogens is 380 g/mol. The lowest BCUT2D eigenvalue weighted by atomic mass is 10.1. The number of hydrogen-bond acceptors (Lipinski definition) is 4. The fraction of sp³-hybridized carbons (Fsp3) is 0.167. The molecule has 0 spiro atoms. The van der Waals surface area contributed by atoms with Crippen LogP contribution in [0.5, 0.6) is 5.75 Å². The first kappa shape index (κ1) is 20.9. The number of nitrogens with zero attached hydrogens (tertiary/aromatic N) is 1. The molecule has 0 saturated heterocycles. The molecule has 3 aromatic carbocycles. The minimum Gasteiger partial charge on any atom is -0.497 e. The summed E-state index contributed by atoms with van der Waals surface area (Å²) in [7, 11) is 1.56. The number of amides is 1. The van der Waals surface area contributed by atoms with Gasteiger partial charge >= 0.3 is 5.97 Å². The Kier molecular flexibility index (Phi) is 6.70. The highest BCUT2D eigenvalue weighted by molar-refractivity contribution is 6.06. The minimum atomic E-state index is -1.05. The van der Waals surface area contributed by atoms with Gasteiger partial charge in [-0.3, -0.25) is 4.79 Å². The number of anilines is 2. The van der Waals surface area contributed by atoms with Gasteiger partial charge in [-0.15, -0.1) is 0 Å². The average molecular weight is 404 g/mol. The van der Waals surface area contributed by atoms with Gasteiger partial charge in [-0.1, -0.05) is 30.3 Å². The van der Waals surface area contributed by atoms with Gasteiger partial charge in [-0.05, 0) is 55.0 Å². The third kappa shape index (κ3) is 4.97.